The van der Waals surface area contributed by atoms with Crippen LogP contribution in [0.4, 0.5) is 17.6 Å². The third-order valence-corrected chi connectivity index (χ3v) is 4.48. The zero-order chi connectivity index (χ0) is 18.1. The van der Waals surface area contributed by atoms with E-state index < -0.39 is 33.9 Å². The van der Waals surface area contributed by atoms with Gasteiger partial charge >= 0.3 is 12.1 Å². The van der Waals surface area contributed by atoms with Crippen molar-refractivity contribution >= 4 is 10.2 Å². The van der Waals surface area contributed by atoms with Gasteiger partial charge in [-0.25, -0.2) is 9.11 Å². The first-order valence-corrected chi connectivity index (χ1v) is 7.83. The Balaban J connectivity index is 2.26. The average molecular weight is 368 g/mol. The quantitative estimate of drug-likeness (QED) is 0.813. The molecule has 12 heteroatoms. The van der Waals surface area contributed by atoms with Crippen molar-refractivity contribution in [2.24, 2.45) is 0 Å². The molecule has 7 nitrogen and oxygen atoms in total. The van der Waals surface area contributed by atoms with E-state index in [0.717, 1.165) is 16.4 Å². The third kappa shape index (κ3) is 3.88. The molecule has 0 saturated heterocycles. The smallest absolute Gasteiger partial charge is 0.329 e. The minimum absolute atomic E-state index is 0.138. The summed E-state index contributed by atoms with van der Waals surface area (Å²) in [5, 5.41) is 3.09. The molecule has 0 spiro atoms. The molecule has 0 aliphatic rings. The fraction of sp³-hybridized carbons (Fsp3) is 0.333. The van der Waals surface area contributed by atoms with E-state index in [1.165, 1.54) is 20.2 Å². The second kappa shape index (κ2) is 6.45. The van der Waals surface area contributed by atoms with Crippen molar-refractivity contribution in [1.29, 1.82) is 0 Å². The largest absolute Gasteiger partial charge is 0.471 e. The van der Waals surface area contributed by atoms with Crippen molar-refractivity contribution in [3.05, 3.63) is 35.5 Å². The molecule has 24 heavy (non-hydrogen) atoms. The van der Waals surface area contributed by atoms with Crippen molar-refractivity contribution in [2.45, 2.75) is 12.7 Å². The Morgan fingerprint density at radius 3 is 2.50 bits per heavy atom. The number of rotatable bonds is 5. The van der Waals surface area contributed by atoms with Gasteiger partial charge in [-0.3, -0.25) is 0 Å². The third-order valence-electron chi connectivity index (χ3n) is 3.02. The first kappa shape index (κ1) is 18.3. The van der Waals surface area contributed by atoms with E-state index in [0.29, 0.717) is 0 Å². The number of halogens is 4. The molecule has 1 N–H and O–H groups in total. The van der Waals surface area contributed by atoms with Gasteiger partial charge in [-0.1, -0.05) is 11.2 Å². The first-order chi connectivity index (χ1) is 11.0. The van der Waals surface area contributed by atoms with Crippen LogP contribution in [0.5, 0.6) is 0 Å². The van der Waals surface area contributed by atoms with Gasteiger partial charge in [0.05, 0.1) is 5.56 Å². The maximum atomic E-state index is 14.1. The van der Waals surface area contributed by atoms with Gasteiger partial charge < -0.3 is 4.52 Å². The Bertz CT molecular complexity index is 835. The van der Waals surface area contributed by atoms with E-state index in [1.807, 2.05) is 0 Å². The molecule has 0 aliphatic carbocycles. The van der Waals surface area contributed by atoms with Crippen molar-refractivity contribution in [1.82, 2.24) is 19.2 Å². The summed E-state index contributed by atoms with van der Waals surface area (Å²) in [6.45, 7) is -0.138. The minimum atomic E-state index is -4.83. The fourth-order valence-electron chi connectivity index (χ4n) is 1.78. The molecular weight excluding hydrogens is 356 g/mol. The SMILES string of the molecule is CNS(=O)(=O)N(C)Cc1ccc(-c2noc(C(F)(F)F)n2)c(F)c1. The Labute approximate surface area is 134 Å². The molecule has 132 valence electrons. The monoisotopic (exact) mass is 368 g/mol. The van der Waals surface area contributed by atoms with Crippen molar-refractivity contribution in [2.75, 3.05) is 14.1 Å². The van der Waals surface area contributed by atoms with E-state index in [4.69, 9.17) is 0 Å². The molecule has 0 saturated carbocycles. The molecule has 0 unspecified atom stereocenters. The molecule has 0 bridgehead atoms. The number of hydrogen-bond donors (Lipinski definition) is 1. The van der Waals surface area contributed by atoms with Crippen LogP contribution in [0.3, 0.4) is 0 Å². The molecule has 0 atom stereocenters. The Morgan fingerprint density at radius 1 is 1.33 bits per heavy atom. The summed E-state index contributed by atoms with van der Waals surface area (Å²) in [4.78, 5) is 3.10. The molecule has 0 amide bonds. The molecule has 1 heterocycles. The van der Waals surface area contributed by atoms with Crippen LogP contribution in [0, 0.1) is 5.82 Å². The van der Waals surface area contributed by atoms with Crippen LogP contribution in [0.1, 0.15) is 11.5 Å². The minimum Gasteiger partial charge on any atom is -0.329 e. The Hall–Kier alpha value is -2.05. The summed E-state index contributed by atoms with van der Waals surface area (Å²) in [7, 11) is -1.18. The molecule has 0 fully saturated rings. The predicted molar refractivity (Wildman–Crippen MR) is 74.1 cm³/mol. The number of nitrogens with zero attached hydrogens (tertiary/aromatic N) is 3. The summed E-state index contributed by atoms with van der Waals surface area (Å²) >= 11 is 0. The molecule has 1 aromatic carbocycles. The molecule has 2 rings (SSSR count). The average Bonchev–Trinajstić information content (AvgIpc) is 2.97. The Morgan fingerprint density at radius 2 is 2.00 bits per heavy atom. The second-order valence-corrected chi connectivity index (χ2v) is 6.68. The molecule has 2 aromatic rings. The maximum absolute atomic E-state index is 14.1. The molecule has 1 aromatic heterocycles. The van der Waals surface area contributed by atoms with Crippen LogP contribution in [0.25, 0.3) is 11.4 Å². The van der Waals surface area contributed by atoms with Crippen molar-refractivity contribution in [3.63, 3.8) is 0 Å². The summed E-state index contributed by atoms with van der Waals surface area (Å²) in [6, 6.07) is 3.49. The van der Waals surface area contributed by atoms with Gasteiger partial charge in [0.2, 0.25) is 5.82 Å². The first-order valence-electron chi connectivity index (χ1n) is 6.39. The normalized spacial score (nSPS) is 12.8. The van der Waals surface area contributed by atoms with Crippen molar-refractivity contribution in [3.8, 4) is 11.4 Å². The van der Waals surface area contributed by atoms with Crippen LogP contribution in [-0.2, 0) is 22.9 Å². The molecular formula is C12H12F4N4O3S. The van der Waals surface area contributed by atoms with Gasteiger partial charge in [0, 0.05) is 20.6 Å². The summed E-state index contributed by atoms with van der Waals surface area (Å²) < 4.78 is 81.5. The zero-order valence-corrected chi connectivity index (χ0v) is 13.2. The van der Waals surface area contributed by atoms with E-state index in [2.05, 4.69) is 19.4 Å². The lowest BCUT2D eigenvalue weighted by molar-refractivity contribution is -0.159. The van der Waals surface area contributed by atoms with Crippen LogP contribution in [-0.4, -0.2) is 37.0 Å². The summed E-state index contributed by atoms with van der Waals surface area (Å²) in [5.41, 5.74) is -0.00533. The van der Waals surface area contributed by atoms with E-state index in [1.54, 1.807) is 0 Å². The van der Waals surface area contributed by atoms with Gasteiger partial charge in [0.1, 0.15) is 5.82 Å². The highest BCUT2D eigenvalue weighted by Gasteiger charge is 2.38. The lowest BCUT2D eigenvalue weighted by Crippen LogP contribution is -2.35. The topological polar surface area (TPSA) is 88.3 Å². The lowest BCUT2D eigenvalue weighted by Gasteiger charge is -2.16. The summed E-state index contributed by atoms with van der Waals surface area (Å²) in [5.74, 6) is -3.04. The van der Waals surface area contributed by atoms with Gasteiger partial charge in [-0.05, 0) is 17.7 Å². The standard InChI is InChI=1S/C12H12F4N4O3S/c1-17-24(21,22)20(2)6-7-3-4-8(9(13)5-7)10-18-11(23-19-10)12(14,15)16/h3-5,17H,6H2,1-2H3. The number of hydrogen-bond acceptors (Lipinski definition) is 5. The molecule has 0 radical (unpaired) electrons. The van der Waals surface area contributed by atoms with Crippen LogP contribution >= 0.6 is 0 Å². The van der Waals surface area contributed by atoms with Crippen LogP contribution in [0.2, 0.25) is 0 Å². The number of alkyl halides is 3. The van der Waals surface area contributed by atoms with E-state index >= 15 is 0 Å². The van der Waals surface area contributed by atoms with Crippen LogP contribution in [0.15, 0.2) is 22.7 Å². The number of benzene rings is 1. The van der Waals surface area contributed by atoms with Gasteiger partial charge in [-0.15, -0.1) is 0 Å². The fourth-order valence-corrected chi connectivity index (χ4v) is 2.41. The van der Waals surface area contributed by atoms with E-state index in [9.17, 15) is 26.0 Å². The Kier molecular flexibility index (Phi) is 4.92. The van der Waals surface area contributed by atoms with Gasteiger partial charge in [0.25, 0.3) is 10.2 Å². The lowest BCUT2D eigenvalue weighted by atomic mass is 10.1. The number of nitrogens with one attached hydrogen (secondary N) is 1. The van der Waals surface area contributed by atoms with Crippen LogP contribution < -0.4 is 4.72 Å². The highest BCUT2D eigenvalue weighted by molar-refractivity contribution is 7.87. The van der Waals surface area contributed by atoms with Crippen molar-refractivity contribution < 1.29 is 30.5 Å². The zero-order valence-electron chi connectivity index (χ0n) is 12.4. The second-order valence-electron chi connectivity index (χ2n) is 4.70. The number of aromatic nitrogens is 2. The highest BCUT2D eigenvalue weighted by atomic mass is 32.2. The highest BCUT2D eigenvalue weighted by Crippen LogP contribution is 2.30. The maximum Gasteiger partial charge on any atom is 0.471 e. The van der Waals surface area contributed by atoms with Gasteiger partial charge in [-0.2, -0.15) is 30.9 Å². The summed E-state index contributed by atoms with van der Waals surface area (Å²) in [6.07, 6.45) is -4.83. The predicted octanol–water partition coefficient (Wildman–Crippen LogP) is 1.79. The van der Waals surface area contributed by atoms with Gasteiger partial charge in [0.15, 0.2) is 0 Å². The van der Waals surface area contributed by atoms with E-state index in [-0.39, 0.29) is 17.7 Å². The molecule has 0 aliphatic heterocycles.